The van der Waals surface area contributed by atoms with Crippen molar-refractivity contribution in [3.8, 4) is 18.1 Å². The van der Waals surface area contributed by atoms with Gasteiger partial charge < -0.3 is 14.6 Å². The quantitative estimate of drug-likeness (QED) is 0.661. The van der Waals surface area contributed by atoms with E-state index < -0.39 is 13.0 Å². The maximum Gasteiger partial charge on any atom is 0.144 e. The Bertz CT molecular complexity index is 502. The van der Waals surface area contributed by atoms with Crippen molar-refractivity contribution in [1.82, 2.24) is 0 Å². The molecule has 0 atom stereocenters. The smallest absolute Gasteiger partial charge is 0.144 e. The zero-order valence-corrected chi connectivity index (χ0v) is 11.0. The van der Waals surface area contributed by atoms with Gasteiger partial charge in [-0.3, -0.25) is 0 Å². The molecule has 0 fully saturated rings. The van der Waals surface area contributed by atoms with E-state index in [2.05, 4.69) is 11.2 Å². The lowest BCUT2D eigenvalue weighted by Crippen LogP contribution is -2.12. The summed E-state index contributed by atoms with van der Waals surface area (Å²) in [7, 11) is -1.23. The molecule has 92 valence electrons. The Labute approximate surface area is 101 Å². The highest BCUT2D eigenvalue weighted by atomic mass is 31.2. The van der Waals surface area contributed by atoms with Crippen LogP contribution in [0, 0.1) is 18.2 Å². The second kappa shape index (κ2) is 5.25. The fraction of sp³-hybridized carbons (Fsp3) is 0.333. The number of hydrogen-bond acceptors (Lipinski definition) is 3. The van der Waals surface area contributed by atoms with Crippen LogP contribution in [0.4, 0.5) is 10.1 Å². The van der Waals surface area contributed by atoms with Crippen LogP contribution in [0.3, 0.4) is 0 Å². The monoisotopic (exact) mass is 255 g/mol. The molecule has 0 radical (unpaired) electrons. The fourth-order valence-corrected chi connectivity index (χ4v) is 2.43. The number of rotatable bonds is 4. The van der Waals surface area contributed by atoms with Gasteiger partial charge in [0.15, 0.2) is 0 Å². The van der Waals surface area contributed by atoms with E-state index in [9.17, 15) is 8.96 Å². The van der Waals surface area contributed by atoms with Crippen molar-refractivity contribution < 1.29 is 13.7 Å². The molecule has 0 unspecified atom stereocenters. The van der Waals surface area contributed by atoms with Gasteiger partial charge in [-0.05, 0) is 19.4 Å². The molecule has 0 saturated heterocycles. The summed E-state index contributed by atoms with van der Waals surface area (Å²) in [6.45, 7) is 3.32. The molecule has 1 N–H and O–H groups in total. The Morgan fingerprint density at radius 1 is 1.53 bits per heavy atom. The molecule has 1 aromatic carbocycles. The van der Waals surface area contributed by atoms with E-state index in [1.807, 2.05) is 0 Å². The third kappa shape index (κ3) is 3.25. The van der Waals surface area contributed by atoms with Crippen molar-refractivity contribution in [2.24, 2.45) is 0 Å². The van der Waals surface area contributed by atoms with Gasteiger partial charge in [-0.15, -0.1) is 6.42 Å². The van der Waals surface area contributed by atoms with Gasteiger partial charge in [0.2, 0.25) is 0 Å². The van der Waals surface area contributed by atoms with Crippen molar-refractivity contribution in [3.05, 3.63) is 17.9 Å². The average molecular weight is 255 g/mol. The lowest BCUT2D eigenvalue weighted by molar-refractivity contribution is 0.413. The molecule has 0 heterocycles. The van der Waals surface area contributed by atoms with Crippen LogP contribution in [0.1, 0.15) is 0 Å². The van der Waals surface area contributed by atoms with E-state index in [0.29, 0.717) is 18.0 Å². The lowest BCUT2D eigenvalue weighted by atomic mass is 10.2. The summed E-state index contributed by atoms with van der Waals surface area (Å²) in [6, 6.07) is 2.71. The van der Waals surface area contributed by atoms with Crippen molar-refractivity contribution >= 4 is 18.1 Å². The molecule has 17 heavy (non-hydrogen) atoms. The van der Waals surface area contributed by atoms with E-state index in [-0.39, 0.29) is 5.30 Å². The summed E-state index contributed by atoms with van der Waals surface area (Å²) in [5, 5.41) is 3.10. The molecule has 0 amide bonds. The van der Waals surface area contributed by atoms with E-state index in [1.54, 1.807) is 0 Å². The Morgan fingerprint density at radius 2 is 2.18 bits per heavy atom. The molecule has 0 bridgehead atoms. The number of halogens is 1. The topological polar surface area (TPSA) is 38.3 Å². The lowest BCUT2D eigenvalue weighted by Gasteiger charge is -2.14. The van der Waals surface area contributed by atoms with Gasteiger partial charge in [-0.2, -0.15) is 0 Å². The highest BCUT2D eigenvalue weighted by Crippen LogP contribution is 2.38. The van der Waals surface area contributed by atoms with Gasteiger partial charge in [0.25, 0.3) is 0 Å². The second-order valence-electron chi connectivity index (χ2n) is 3.91. The van der Waals surface area contributed by atoms with Gasteiger partial charge in [-0.25, -0.2) is 4.39 Å². The first-order valence-corrected chi connectivity index (χ1v) is 7.60. The summed E-state index contributed by atoms with van der Waals surface area (Å²) >= 11 is 0. The van der Waals surface area contributed by atoms with Crippen LogP contribution in [0.15, 0.2) is 12.1 Å². The number of benzene rings is 1. The predicted molar refractivity (Wildman–Crippen MR) is 69.4 cm³/mol. The van der Waals surface area contributed by atoms with E-state index in [0.717, 1.165) is 0 Å². The number of ether oxygens (including phenoxy) is 1. The minimum absolute atomic E-state index is 0.192. The average Bonchev–Trinajstić information content (AvgIpc) is 2.25. The number of anilines is 1. The largest absolute Gasteiger partial charge is 0.494 e. The molecule has 5 heteroatoms. The predicted octanol–water partition coefficient (Wildman–Crippen LogP) is 2.13. The third-order valence-electron chi connectivity index (χ3n) is 2.23. The molecular formula is C12H15FNO2P. The summed E-state index contributed by atoms with van der Waals surface area (Å²) in [5.74, 6) is 2.23. The normalized spacial score (nSPS) is 10.8. The highest BCUT2D eigenvalue weighted by Gasteiger charge is 2.19. The number of hydrogen-bond donors (Lipinski definition) is 1. The number of nitrogens with one attached hydrogen (secondary N) is 1. The van der Waals surface area contributed by atoms with Crippen LogP contribution in [-0.4, -0.2) is 27.0 Å². The first-order chi connectivity index (χ1) is 7.90. The molecule has 0 spiro atoms. The number of terminal acetylenes is 1. The Kier molecular flexibility index (Phi) is 4.20. The molecule has 1 rings (SSSR count). The minimum atomic E-state index is -2.67. The second-order valence-corrected chi connectivity index (χ2v) is 7.10. The zero-order valence-electron chi connectivity index (χ0n) is 10.1. The highest BCUT2D eigenvalue weighted by molar-refractivity contribution is 7.70. The van der Waals surface area contributed by atoms with Gasteiger partial charge in [0, 0.05) is 11.4 Å². The van der Waals surface area contributed by atoms with Crippen molar-refractivity contribution in [3.63, 3.8) is 0 Å². The summed E-state index contributed by atoms with van der Waals surface area (Å²) < 4.78 is 30.7. The van der Waals surface area contributed by atoms with E-state index in [1.165, 1.54) is 32.6 Å². The van der Waals surface area contributed by atoms with Crippen molar-refractivity contribution in [2.75, 3.05) is 32.3 Å². The maximum absolute atomic E-state index is 13.7. The third-order valence-corrected chi connectivity index (χ3v) is 3.73. The first kappa shape index (κ1) is 13.6. The Hall–Kier alpha value is -1.46. The minimum Gasteiger partial charge on any atom is -0.494 e. The van der Waals surface area contributed by atoms with Gasteiger partial charge in [0.05, 0.1) is 19.3 Å². The molecule has 0 aliphatic carbocycles. The zero-order chi connectivity index (χ0) is 13.1. The first-order valence-electron chi connectivity index (χ1n) is 5.00. The standard InChI is InChI=1S/C12H15FNO2P/c1-5-6-14-10-8-12(17(3,4)15)9(13)7-11(10)16-2/h1,7-8,14H,6H2,2-4H3. The summed E-state index contributed by atoms with van der Waals surface area (Å²) in [4.78, 5) is 0. The van der Waals surface area contributed by atoms with Crippen LogP contribution in [-0.2, 0) is 4.57 Å². The van der Waals surface area contributed by atoms with E-state index >= 15 is 0 Å². The van der Waals surface area contributed by atoms with Crippen LogP contribution in [0.2, 0.25) is 0 Å². The summed E-state index contributed by atoms with van der Waals surface area (Å²) in [6.07, 6.45) is 5.14. The van der Waals surface area contributed by atoms with Crippen molar-refractivity contribution in [2.45, 2.75) is 0 Å². The summed E-state index contributed by atoms with van der Waals surface area (Å²) in [5.41, 5.74) is 0.547. The van der Waals surface area contributed by atoms with Crippen LogP contribution in [0.25, 0.3) is 0 Å². The molecule has 1 aromatic rings. The Morgan fingerprint density at radius 3 is 2.65 bits per heavy atom. The van der Waals surface area contributed by atoms with E-state index in [4.69, 9.17) is 11.2 Å². The van der Waals surface area contributed by atoms with Crippen molar-refractivity contribution in [1.29, 1.82) is 0 Å². The fourth-order valence-electron chi connectivity index (χ4n) is 1.41. The maximum atomic E-state index is 13.7. The number of methoxy groups -OCH3 is 1. The Balaban J connectivity index is 3.28. The van der Waals surface area contributed by atoms with Crippen LogP contribution in [0.5, 0.6) is 5.75 Å². The molecule has 0 aliphatic heterocycles. The molecule has 0 aliphatic rings. The van der Waals surface area contributed by atoms with Gasteiger partial charge in [-0.1, -0.05) is 5.92 Å². The van der Waals surface area contributed by atoms with Gasteiger partial charge >= 0.3 is 0 Å². The van der Waals surface area contributed by atoms with Crippen LogP contribution >= 0.6 is 7.14 Å². The molecule has 3 nitrogen and oxygen atoms in total. The molecule has 0 saturated carbocycles. The SMILES string of the molecule is C#CCNc1cc(P(C)(C)=O)c(F)cc1OC. The van der Waals surface area contributed by atoms with Crippen LogP contribution < -0.4 is 15.4 Å². The molecule has 0 aromatic heterocycles. The molecular weight excluding hydrogens is 240 g/mol. The van der Waals surface area contributed by atoms with Gasteiger partial charge in [0.1, 0.15) is 18.7 Å².